The molecule has 2 saturated heterocycles. The Morgan fingerprint density at radius 1 is 0.943 bits per heavy atom. The molecule has 4 aromatic rings. The Morgan fingerprint density at radius 2 is 1.70 bits per heavy atom. The molecule has 2 aromatic carbocycles. The van der Waals surface area contributed by atoms with E-state index in [-0.39, 0.29) is 46.7 Å². The molecular weight excluding hydrogens is 720 g/mol. The predicted molar refractivity (Wildman–Crippen MR) is 204 cm³/mol. The fourth-order valence-electron chi connectivity index (χ4n) is 6.04. The van der Waals surface area contributed by atoms with Crippen molar-refractivity contribution in [1.29, 1.82) is 0 Å². The summed E-state index contributed by atoms with van der Waals surface area (Å²) >= 11 is 6.48. The van der Waals surface area contributed by atoms with Crippen molar-refractivity contribution in [2.75, 3.05) is 53.2 Å². The van der Waals surface area contributed by atoms with Gasteiger partial charge in [-0.3, -0.25) is 19.9 Å². The standard InChI is InChI=1S/C36H43ClN10O5S/c1-22(2)52-30-19-29(46-16-14-45(15-17-46)21-25-10-11-32(44-43-25)47-13-12-33(48)41-36(47)49)24(5)18-28(30)40-35-38-20-26(37)34(42-35)39-27-8-6-7-9-31(27)53(50,51)23(3)4/h6-11,18-20,22-23H,12-17,21H2,1-5H3,(H,41,48,49)(H2,38,39,40,42). The maximum Gasteiger partial charge on any atom is 0.329 e. The van der Waals surface area contributed by atoms with Crippen molar-refractivity contribution >= 4 is 68.0 Å². The number of piperazine rings is 1. The number of anilines is 6. The van der Waals surface area contributed by atoms with Crippen molar-refractivity contribution in [2.24, 2.45) is 0 Å². The van der Waals surface area contributed by atoms with Crippen LogP contribution in [-0.4, -0.2) is 89.5 Å². The summed E-state index contributed by atoms with van der Waals surface area (Å²) in [6, 6.07) is 13.8. The second-order valence-corrected chi connectivity index (χ2v) is 16.3. The molecule has 0 aliphatic carbocycles. The Labute approximate surface area is 314 Å². The minimum absolute atomic E-state index is 0.106. The van der Waals surface area contributed by atoms with Crippen LogP contribution in [0.4, 0.5) is 39.4 Å². The number of ether oxygens (including phenoxy) is 1. The van der Waals surface area contributed by atoms with E-state index in [0.29, 0.717) is 29.5 Å². The molecule has 3 amide bonds. The van der Waals surface area contributed by atoms with Gasteiger partial charge in [-0.15, -0.1) is 5.10 Å². The molecule has 4 heterocycles. The third kappa shape index (κ3) is 8.77. The number of urea groups is 1. The van der Waals surface area contributed by atoms with Gasteiger partial charge in [-0.05, 0) is 70.5 Å². The smallest absolute Gasteiger partial charge is 0.329 e. The number of carbonyl (C=O) groups is 2. The first-order chi connectivity index (χ1) is 25.3. The highest BCUT2D eigenvalue weighted by Gasteiger charge is 2.27. The van der Waals surface area contributed by atoms with E-state index in [9.17, 15) is 18.0 Å². The van der Waals surface area contributed by atoms with Crippen molar-refractivity contribution in [3.8, 4) is 5.75 Å². The molecule has 280 valence electrons. The Bertz CT molecular complexity index is 2090. The van der Waals surface area contributed by atoms with Gasteiger partial charge in [0.05, 0.1) is 39.5 Å². The Hall–Kier alpha value is -5.06. The molecule has 0 unspecified atom stereocenters. The van der Waals surface area contributed by atoms with Crippen LogP contribution in [0.25, 0.3) is 0 Å². The minimum Gasteiger partial charge on any atom is -0.489 e. The maximum atomic E-state index is 13.0. The second kappa shape index (κ2) is 15.9. The lowest BCUT2D eigenvalue weighted by Crippen LogP contribution is -2.50. The number of para-hydroxylation sites is 1. The van der Waals surface area contributed by atoms with Crippen LogP contribution in [0.15, 0.2) is 59.6 Å². The van der Waals surface area contributed by atoms with E-state index in [0.717, 1.165) is 43.1 Å². The monoisotopic (exact) mass is 762 g/mol. The zero-order valence-corrected chi connectivity index (χ0v) is 31.8. The van der Waals surface area contributed by atoms with E-state index in [1.54, 1.807) is 44.2 Å². The molecule has 0 atom stereocenters. The Morgan fingerprint density at radius 3 is 2.38 bits per heavy atom. The summed E-state index contributed by atoms with van der Waals surface area (Å²) in [4.78, 5) is 38.8. The molecule has 0 bridgehead atoms. The molecule has 15 nitrogen and oxygen atoms in total. The molecule has 6 rings (SSSR count). The van der Waals surface area contributed by atoms with Gasteiger partial charge in [0, 0.05) is 57.4 Å². The molecule has 2 aliphatic heterocycles. The van der Waals surface area contributed by atoms with Crippen molar-refractivity contribution in [1.82, 2.24) is 30.4 Å². The summed E-state index contributed by atoms with van der Waals surface area (Å²) in [6.45, 7) is 13.3. The molecule has 53 heavy (non-hydrogen) atoms. The first kappa shape index (κ1) is 37.7. The van der Waals surface area contributed by atoms with Crippen molar-refractivity contribution in [3.63, 3.8) is 0 Å². The van der Waals surface area contributed by atoms with E-state index >= 15 is 0 Å². The van der Waals surface area contributed by atoms with Crippen LogP contribution in [0.5, 0.6) is 5.75 Å². The highest BCUT2D eigenvalue weighted by molar-refractivity contribution is 7.92. The SMILES string of the molecule is Cc1cc(Nc2ncc(Cl)c(Nc3ccccc3S(=O)(=O)C(C)C)n2)c(OC(C)C)cc1N1CCN(Cc2ccc(N3CCC(=O)NC3=O)nn2)CC1. The maximum absolute atomic E-state index is 13.0. The lowest BCUT2D eigenvalue weighted by atomic mass is 10.1. The van der Waals surface area contributed by atoms with Crippen LogP contribution >= 0.6 is 11.6 Å². The zero-order chi connectivity index (χ0) is 37.9. The van der Waals surface area contributed by atoms with Crippen LogP contribution < -0.4 is 30.5 Å². The van der Waals surface area contributed by atoms with Crippen LogP contribution in [0.3, 0.4) is 0 Å². The highest BCUT2D eigenvalue weighted by Crippen LogP contribution is 2.37. The highest BCUT2D eigenvalue weighted by atomic mass is 35.5. The fraction of sp³-hybridized carbons (Fsp3) is 0.389. The number of sulfone groups is 1. The predicted octanol–water partition coefficient (Wildman–Crippen LogP) is 5.45. The molecule has 0 radical (unpaired) electrons. The number of aryl methyl sites for hydroxylation is 1. The number of nitrogens with one attached hydrogen (secondary N) is 3. The topological polar surface area (TPSA) is 175 Å². The summed E-state index contributed by atoms with van der Waals surface area (Å²) in [5, 5.41) is 16.9. The van der Waals surface area contributed by atoms with Crippen LogP contribution in [0.2, 0.25) is 5.02 Å². The lowest BCUT2D eigenvalue weighted by Gasteiger charge is -2.37. The summed E-state index contributed by atoms with van der Waals surface area (Å²) in [5.41, 5.74) is 3.91. The van der Waals surface area contributed by atoms with Gasteiger partial charge in [0.25, 0.3) is 0 Å². The number of aromatic nitrogens is 4. The van der Waals surface area contributed by atoms with Gasteiger partial charge in [0.15, 0.2) is 21.5 Å². The van der Waals surface area contributed by atoms with E-state index in [2.05, 4.69) is 45.9 Å². The van der Waals surface area contributed by atoms with Gasteiger partial charge in [0.2, 0.25) is 11.9 Å². The number of halogens is 1. The largest absolute Gasteiger partial charge is 0.489 e. The summed E-state index contributed by atoms with van der Waals surface area (Å²) in [7, 11) is -3.57. The van der Waals surface area contributed by atoms with Crippen LogP contribution in [-0.2, 0) is 21.2 Å². The minimum atomic E-state index is -3.57. The zero-order valence-electron chi connectivity index (χ0n) is 30.3. The van der Waals surface area contributed by atoms with Gasteiger partial charge in [-0.1, -0.05) is 23.7 Å². The van der Waals surface area contributed by atoms with Crippen molar-refractivity contribution in [3.05, 3.63) is 71.0 Å². The Kier molecular flexibility index (Phi) is 11.3. The van der Waals surface area contributed by atoms with Gasteiger partial charge in [0.1, 0.15) is 10.8 Å². The average Bonchev–Trinajstić information content (AvgIpc) is 3.11. The van der Waals surface area contributed by atoms with Gasteiger partial charge in [-0.25, -0.2) is 18.2 Å². The third-order valence-electron chi connectivity index (χ3n) is 8.85. The van der Waals surface area contributed by atoms with Crippen molar-refractivity contribution < 1.29 is 22.7 Å². The lowest BCUT2D eigenvalue weighted by molar-refractivity contribution is -0.120. The molecule has 2 aromatic heterocycles. The quantitative estimate of drug-likeness (QED) is 0.166. The number of imide groups is 1. The molecule has 2 fully saturated rings. The number of amides is 3. The molecule has 3 N–H and O–H groups in total. The van der Waals surface area contributed by atoms with Gasteiger partial charge < -0.3 is 20.3 Å². The molecule has 17 heteroatoms. The first-order valence-corrected chi connectivity index (χ1v) is 19.3. The number of hydrogen-bond acceptors (Lipinski definition) is 13. The molecule has 0 saturated carbocycles. The first-order valence-electron chi connectivity index (χ1n) is 17.4. The van der Waals surface area contributed by atoms with Crippen LogP contribution in [0, 0.1) is 6.92 Å². The van der Waals surface area contributed by atoms with E-state index in [4.69, 9.17) is 16.3 Å². The summed E-state index contributed by atoms with van der Waals surface area (Å²) < 4.78 is 32.3. The summed E-state index contributed by atoms with van der Waals surface area (Å²) in [6.07, 6.45) is 1.58. The van der Waals surface area contributed by atoms with Crippen molar-refractivity contribution in [2.45, 2.75) is 63.8 Å². The van der Waals surface area contributed by atoms with Gasteiger partial charge >= 0.3 is 6.03 Å². The number of nitrogens with zero attached hydrogens (tertiary/aromatic N) is 7. The van der Waals surface area contributed by atoms with Gasteiger partial charge in [-0.2, -0.15) is 10.1 Å². The summed E-state index contributed by atoms with van der Waals surface area (Å²) in [5.74, 6) is 1.26. The molecular formula is C36H43ClN10O5S. The number of hydrogen-bond donors (Lipinski definition) is 3. The molecule has 2 aliphatic rings. The normalized spacial score (nSPS) is 15.5. The molecule has 0 spiro atoms. The van der Waals surface area contributed by atoms with E-state index in [1.807, 2.05) is 39.0 Å². The van der Waals surface area contributed by atoms with E-state index < -0.39 is 21.1 Å². The number of carbonyl (C=O) groups excluding carboxylic acids is 2. The number of benzene rings is 2. The Balaban J connectivity index is 1.14. The van der Waals surface area contributed by atoms with E-state index in [1.165, 1.54) is 11.1 Å². The van der Waals surface area contributed by atoms with Crippen LogP contribution in [0.1, 0.15) is 45.4 Å². The second-order valence-electron chi connectivity index (χ2n) is 13.4. The fourth-order valence-corrected chi connectivity index (χ4v) is 7.38. The number of rotatable bonds is 12. The average molecular weight is 763 g/mol. The third-order valence-corrected chi connectivity index (χ3v) is 11.3.